The van der Waals surface area contributed by atoms with Gasteiger partial charge in [0.1, 0.15) is 11.5 Å². The normalized spacial score (nSPS) is 15.3. The van der Waals surface area contributed by atoms with E-state index in [9.17, 15) is 4.79 Å². The van der Waals surface area contributed by atoms with E-state index in [0.29, 0.717) is 30.2 Å². The summed E-state index contributed by atoms with van der Waals surface area (Å²) in [4.78, 5) is 16.9. The zero-order chi connectivity index (χ0) is 18.8. The van der Waals surface area contributed by atoms with E-state index in [4.69, 9.17) is 16.0 Å². The number of aromatic nitrogens is 2. The molecule has 1 aliphatic rings. The molecule has 1 N–H and O–H groups in total. The molecule has 7 heteroatoms. The van der Waals surface area contributed by atoms with E-state index in [1.54, 1.807) is 6.07 Å². The maximum Gasteiger partial charge on any atom is 0.274 e. The highest BCUT2D eigenvalue weighted by Gasteiger charge is 2.24. The number of aromatic amines is 1. The summed E-state index contributed by atoms with van der Waals surface area (Å²) in [5, 5.41) is 7.81. The Hall–Kier alpha value is -2.57. The van der Waals surface area contributed by atoms with Crippen LogP contribution in [0.1, 0.15) is 21.8 Å². The summed E-state index contributed by atoms with van der Waals surface area (Å²) in [6.45, 7) is 5.80. The van der Waals surface area contributed by atoms with E-state index >= 15 is 0 Å². The first-order valence-corrected chi connectivity index (χ1v) is 9.34. The lowest BCUT2D eigenvalue weighted by atomic mass is 10.2. The zero-order valence-corrected chi connectivity index (χ0v) is 15.9. The maximum atomic E-state index is 12.7. The predicted molar refractivity (Wildman–Crippen MR) is 104 cm³/mol. The minimum Gasteiger partial charge on any atom is -0.460 e. The van der Waals surface area contributed by atoms with E-state index in [1.165, 1.54) is 5.56 Å². The van der Waals surface area contributed by atoms with Gasteiger partial charge < -0.3 is 9.32 Å². The molecule has 3 aromatic rings. The van der Waals surface area contributed by atoms with Crippen molar-refractivity contribution in [1.29, 1.82) is 0 Å². The molecule has 0 spiro atoms. The molecular formula is C20H21ClN4O2. The summed E-state index contributed by atoms with van der Waals surface area (Å²) in [6.07, 6.45) is 0. The van der Waals surface area contributed by atoms with E-state index in [-0.39, 0.29) is 5.91 Å². The number of benzene rings is 1. The largest absolute Gasteiger partial charge is 0.460 e. The van der Waals surface area contributed by atoms with E-state index in [1.807, 2.05) is 48.2 Å². The fourth-order valence-corrected chi connectivity index (χ4v) is 3.38. The van der Waals surface area contributed by atoms with Gasteiger partial charge in [0.05, 0.1) is 0 Å². The molecule has 6 nitrogen and oxygen atoms in total. The number of nitrogens with one attached hydrogen (secondary N) is 1. The minimum absolute atomic E-state index is 0.0491. The van der Waals surface area contributed by atoms with Crippen LogP contribution in [0.4, 0.5) is 0 Å². The summed E-state index contributed by atoms with van der Waals surface area (Å²) in [6, 6.07) is 13.4. The molecule has 0 unspecified atom stereocenters. The van der Waals surface area contributed by atoms with Crippen molar-refractivity contribution >= 4 is 17.5 Å². The van der Waals surface area contributed by atoms with Crippen LogP contribution in [-0.4, -0.2) is 52.1 Å². The highest BCUT2D eigenvalue weighted by atomic mass is 35.5. The van der Waals surface area contributed by atoms with E-state index in [2.05, 4.69) is 15.1 Å². The molecule has 0 aliphatic carbocycles. The number of nitrogens with zero attached hydrogens (tertiary/aromatic N) is 3. The lowest BCUT2D eigenvalue weighted by Gasteiger charge is -2.34. The first-order chi connectivity index (χ1) is 13.1. The summed E-state index contributed by atoms with van der Waals surface area (Å²) in [5.41, 5.74) is 2.36. The second kappa shape index (κ2) is 7.58. The number of H-pyrrole nitrogens is 1. The molecule has 0 radical (unpaired) electrons. The Morgan fingerprint density at radius 2 is 1.89 bits per heavy atom. The molecule has 2 aromatic heterocycles. The number of aryl methyl sites for hydroxylation is 1. The third kappa shape index (κ3) is 4.07. The Bertz CT molecular complexity index is 924. The topological polar surface area (TPSA) is 65.4 Å². The van der Waals surface area contributed by atoms with Crippen LogP contribution >= 0.6 is 11.6 Å². The number of halogens is 1. The van der Waals surface area contributed by atoms with Crippen LogP contribution in [0.25, 0.3) is 11.5 Å². The molecule has 27 heavy (non-hydrogen) atoms. The lowest BCUT2D eigenvalue weighted by molar-refractivity contribution is 0.0622. The molecule has 1 fully saturated rings. The highest BCUT2D eigenvalue weighted by molar-refractivity contribution is 6.30. The van der Waals surface area contributed by atoms with Crippen LogP contribution in [0.3, 0.4) is 0 Å². The van der Waals surface area contributed by atoms with Crippen molar-refractivity contribution in [2.24, 2.45) is 0 Å². The number of amides is 1. The van der Waals surface area contributed by atoms with Gasteiger partial charge in [0, 0.05) is 43.8 Å². The Kier molecular flexibility index (Phi) is 5.01. The monoisotopic (exact) mass is 384 g/mol. The van der Waals surface area contributed by atoms with Gasteiger partial charge >= 0.3 is 0 Å². The SMILES string of the molecule is Cc1ccc(-c2cc(C(=O)N3CCN(Cc4ccc(Cl)cc4)CC3)n[nH]2)o1. The standard InChI is InChI=1S/C20H21ClN4O2/c1-14-2-7-19(27-14)17-12-18(23-22-17)20(26)25-10-8-24(9-11-25)13-15-3-5-16(21)6-4-15/h2-7,12H,8-11,13H2,1H3,(H,22,23). The van der Waals surface area contributed by atoms with Crippen LogP contribution in [0.5, 0.6) is 0 Å². The van der Waals surface area contributed by atoms with Gasteiger partial charge in [-0.25, -0.2) is 0 Å². The molecule has 4 rings (SSSR count). The van der Waals surface area contributed by atoms with E-state index < -0.39 is 0 Å². The van der Waals surface area contributed by atoms with Crippen molar-refractivity contribution in [1.82, 2.24) is 20.0 Å². The first-order valence-electron chi connectivity index (χ1n) is 8.97. The summed E-state index contributed by atoms with van der Waals surface area (Å²) in [7, 11) is 0. The van der Waals surface area contributed by atoms with Gasteiger partial charge in [-0.1, -0.05) is 23.7 Å². The Morgan fingerprint density at radius 3 is 2.56 bits per heavy atom. The van der Waals surface area contributed by atoms with Crippen LogP contribution in [0.15, 0.2) is 46.9 Å². The fourth-order valence-electron chi connectivity index (χ4n) is 3.26. The maximum absolute atomic E-state index is 12.7. The van der Waals surface area contributed by atoms with Crippen LogP contribution < -0.4 is 0 Å². The van der Waals surface area contributed by atoms with Gasteiger partial charge in [0.25, 0.3) is 5.91 Å². The average Bonchev–Trinajstić information content (AvgIpc) is 3.33. The number of rotatable bonds is 4. The number of carbonyl (C=O) groups excluding carboxylic acids is 1. The van der Waals surface area contributed by atoms with Crippen molar-refractivity contribution in [2.75, 3.05) is 26.2 Å². The zero-order valence-electron chi connectivity index (χ0n) is 15.1. The number of piperazine rings is 1. The highest BCUT2D eigenvalue weighted by Crippen LogP contribution is 2.21. The smallest absolute Gasteiger partial charge is 0.274 e. The van der Waals surface area contributed by atoms with Gasteiger partial charge in [-0.05, 0) is 36.8 Å². The van der Waals surface area contributed by atoms with Crippen LogP contribution in [0.2, 0.25) is 5.02 Å². The Labute approximate surface area is 162 Å². The van der Waals surface area contributed by atoms with Crippen molar-refractivity contribution in [3.8, 4) is 11.5 Å². The quantitative estimate of drug-likeness (QED) is 0.746. The first kappa shape index (κ1) is 17.8. The van der Waals surface area contributed by atoms with Crippen molar-refractivity contribution < 1.29 is 9.21 Å². The second-order valence-corrected chi connectivity index (χ2v) is 7.21. The number of hydrogen-bond acceptors (Lipinski definition) is 4. The third-order valence-electron chi connectivity index (χ3n) is 4.78. The van der Waals surface area contributed by atoms with Gasteiger partial charge in [-0.2, -0.15) is 5.10 Å². The summed E-state index contributed by atoms with van der Waals surface area (Å²) >= 11 is 5.94. The molecular weight excluding hydrogens is 364 g/mol. The van der Waals surface area contributed by atoms with Gasteiger partial charge in [0.2, 0.25) is 0 Å². The molecule has 1 saturated heterocycles. The van der Waals surface area contributed by atoms with Gasteiger partial charge in [0.15, 0.2) is 11.5 Å². The van der Waals surface area contributed by atoms with Gasteiger partial charge in [-0.15, -0.1) is 0 Å². The number of carbonyl (C=O) groups is 1. The molecule has 3 heterocycles. The lowest BCUT2D eigenvalue weighted by Crippen LogP contribution is -2.48. The molecule has 0 bridgehead atoms. The number of furan rings is 1. The summed E-state index contributed by atoms with van der Waals surface area (Å²) in [5.74, 6) is 1.46. The third-order valence-corrected chi connectivity index (χ3v) is 5.03. The second-order valence-electron chi connectivity index (χ2n) is 6.77. The van der Waals surface area contributed by atoms with E-state index in [0.717, 1.165) is 30.4 Å². The number of hydrogen-bond donors (Lipinski definition) is 1. The van der Waals surface area contributed by atoms with Gasteiger partial charge in [-0.3, -0.25) is 14.8 Å². The molecule has 140 valence electrons. The fraction of sp³-hybridized carbons (Fsp3) is 0.300. The molecule has 1 aliphatic heterocycles. The Balaban J connectivity index is 1.34. The minimum atomic E-state index is -0.0491. The molecule has 0 atom stereocenters. The molecule has 0 saturated carbocycles. The average molecular weight is 385 g/mol. The predicted octanol–water partition coefficient (Wildman–Crippen LogP) is 3.59. The Morgan fingerprint density at radius 1 is 1.15 bits per heavy atom. The van der Waals surface area contributed by atoms with Crippen molar-refractivity contribution in [3.63, 3.8) is 0 Å². The summed E-state index contributed by atoms with van der Waals surface area (Å²) < 4.78 is 5.58. The van der Waals surface area contributed by atoms with Crippen molar-refractivity contribution in [2.45, 2.75) is 13.5 Å². The molecule has 1 aromatic carbocycles. The molecule has 1 amide bonds. The van der Waals surface area contributed by atoms with Crippen LogP contribution in [-0.2, 0) is 6.54 Å². The van der Waals surface area contributed by atoms with Crippen LogP contribution in [0, 0.1) is 6.92 Å². The van der Waals surface area contributed by atoms with Crippen molar-refractivity contribution in [3.05, 3.63) is 64.5 Å².